The molecule has 0 atom stereocenters. The minimum absolute atomic E-state index is 0.504. The molecular weight excluding hydrogens is 200 g/mol. The lowest BCUT2D eigenvalue weighted by atomic mass is 10.1. The summed E-state index contributed by atoms with van der Waals surface area (Å²) in [7, 11) is 0. The van der Waals surface area contributed by atoms with Crippen LogP contribution in [-0.4, -0.2) is 36.2 Å². The summed E-state index contributed by atoms with van der Waals surface area (Å²) in [5.41, 5.74) is 2.55. The molecule has 1 saturated heterocycles. The van der Waals surface area contributed by atoms with E-state index in [1.807, 2.05) is 6.20 Å². The summed E-state index contributed by atoms with van der Waals surface area (Å²) in [5, 5.41) is 0. The Kier molecular flexibility index (Phi) is 3.91. The van der Waals surface area contributed by atoms with Gasteiger partial charge in [-0.25, -0.2) is 0 Å². The Morgan fingerprint density at radius 1 is 1.38 bits per heavy atom. The fourth-order valence-corrected chi connectivity index (χ4v) is 1.93. The summed E-state index contributed by atoms with van der Waals surface area (Å²) in [5.74, 6) is 0.504. The van der Waals surface area contributed by atoms with Gasteiger partial charge in [-0.3, -0.25) is 9.88 Å². The highest BCUT2D eigenvalue weighted by molar-refractivity contribution is 5.18. The van der Waals surface area contributed by atoms with Gasteiger partial charge in [0.1, 0.15) is 0 Å². The number of aromatic nitrogens is 1. The predicted octanol–water partition coefficient (Wildman–Crippen LogP) is 2.04. The molecule has 88 valence electrons. The lowest BCUT2D eigenvalue weighted by Gasteiger charge is -2.26. The molecule has 1 aromatic heterocycles. The highest BCUT2D eigenvalue weighted by Gasteiger charge is 2.11. The van der Waals surface area contributed by atoms with E-state index < -0.39 is 0 Å². The van der Waals surface area contributed by atoms with E-state index in [1.165, 1.54) is 11.3 Å². The van der Waals surface area contributed by atoms with Crippen LogP contribution in [-0.2, 0) is 11.3 Å². The topological polar surface area (TPSA) is 25.4 Å². The minimum Gasteiger partial charge on any atom is -0.379 e. The molecule has 1 aliphatic heterocycles. The maximum atomic E-state index is 5.35. The van der Waals surface area contributed by atoms with E-state index in [9.17, 15) is 0 Å². The van der Waals surface area contributed by atoms with E-state index in [4.69, 9.17) is 4.74 Å². The Balaban J connectivity index is 2.00. The summed E-state index contributed by atoms with van der Waals surface area (Å²) in [6, 6.07) is 4.33. The van der Waals surface area contributed by atoms with Crippen molar-refractivity contribution in [3.05, 3.63) is 29.6 Å². The van der Waals surface area contributed by atoms with Crippen molar-refractivity contribution in [3.63, 3.8) is 0 Å². The molecule has 0 N–H and O–H groups in total. The standard InChI is InChI=1S/C13H20N2O/c1-11(2)13-9-12(3-4-14-13)10-15-5-7-16-8-6-15/h3-4,9,11H,5-8,10H2,1-2H3. The molecule has 1 aliphatic rings. The Morgan fingerprint density at radius 2 is 2.12 bits per heavy atom. The van der Waals surface area contributed by atoms with Crippen LogP contribution in [0.25, 0.3) is 0 Å². The Hall–Kier alpha value is -0.930. The van der Waals surface area contributed by atoms with Crippen molar-refractivity contribution >= 4 is 0 Å². The fraction of sp³-hybridized carbons (Fsp3) is 0.615. The number of morpholine rings is 1. The molecule has 0 spiro atoms. The molecule has 3 heteroatoms. The normalized spacial score (nSPS) is 17.9. The van der Waals surface area contributed by atoms with Crippen molar-refractivity contribution < 1.29 is 4.74 Å². The molecule has 0 unspecified atom stereocenters. The van der Waals surface area contributed by atoms with Crippen molar-refractivity contribution in [2.75, 3.05) is 26.3 Å². The molecule has 2 heterocycles. The van der Waals surface area contributed by atoms with Crippen LogP contribution >= 0.6 is 0 Å². The van der Waals surface area contributed by atoms with Crippen LogP contribution in [0.2, 0.25) is 0 Å². The van der Waals surface area contributed by atoms with Crippen LogP contribution in [0, 0.1) is 0 Å². The van der Waals surface area contributed by atoms with Crippen LogP contribution in [0.1, 0.15) is 31.0 Å². The maximum absolute atomic E-state index is 5.35. The van der Waals surface area contributed by atoms with Gasteiger partial charge in [0.2, 0.25) is 0 Å². The van der Waals surface area contributed by atoms with Gasteiger partial charge in [-0.1, -0.05) is 13.8 Å². The largest absolute Gasteiger partial charge is 0.379 e. The van der Waals surface area contributed by atoms with Gasteiger partial charge in [-0.05, 0) is 23.6 Å². The Labute approximate surface area is 97.4 Å². The zero-order chi connectivity index (χ0) is 11.4. The third kappa shape index (κ3) is 3.03. The first-order valence-corrected chi connectivity index (χ1v) is 6.00. The van der Waals surface area contributed by atoms with Crippen molar-refractivity contribution in [2.45, 2.75) is 26.3 Å². The Bertz CT molecular complexity index is 332. The first kappa shape index (κ1) is 11.6. The van der Waals surface area contributed by atoms with Crippen LogP contribution in [0.3, 0.4) is 0 Å². The number of ether oxygens (including phenoxy) is 1. The van der Waals surface area contributed by atoms with Crippen molar-refractivity contribution in [1.29, 1.82) is 0 Å². The summed E-state index contributed by atoms with van der Waals surface area (Å²) in [6.07, 6.45) is 1.92. The second-order valence-corrected chi connectivity index (χ2v) is 4.63. The number of hydrogen-bond donors (Lipinski definition) is 0. The molecule has 0 bridgehead atoms. The molecule has 2 rings (SSSR count). The van der Waals surface area contributed by atoms with Gasteiger partial charge in [0.05, 0.1) is 13.2 Å². The van der Waals surface area contributed by atoms with Gasteiger partial charge >= 0.3 is 0 Å². The lowest BCUT2D eigenvalue weighted by Crippen LogP contribution is -2.35. The van der Waals surface area contributed by atoms with E-state index >= 15 is 0 Å². The third-order valence-corrected chi connectivity index (χ3v) is 2.95. The maximum Gasteiger partial charge on any atom is 0.0594 e. The summed E-state index contributed by atoms with van der Waals surface area (Å²) in [6.45, 7) is 9.19. The molecule has 0 amide bonds. The third-order valence-electron chi connectivity index (χ3n) is 2.95. The second kappa shape index (κ2) is 5.41. The monoisotopic (exact) mass is 220 g/mol. The first-order valence-electron chi connectivity index (χ1n) is 6.00. The van der Waals surface area contributed by atoms with Gasteiger partial charge < -0.3 is 4.74 Å². The molecule has 16 heavy (non-hydrogen) atoms. The van der Waals surface area contributed by atoms with E-state index in [0.29, 0.717) is 5.92 Å². The molecule has 1 aromatic rings. The van der Waals surface area contributed by atoms with E-state index in [0.717, 1.165) is 32.8 Å². The molecule has 0 aliphatic carbocycles. The molecule has 0 saturated carbocycles. The molecular formula is C13H20N2O. The quantitative estimate of drug-likeness (QED) is 0.779. The highest BCUT2D eigenvalue weighted by Crippen LogP contribution is 2.14. The van der Waals surface area contributed by atoms with Crippen LogP contribution < -0.4 is 0 Å². The molecule has 0 aromatic carbocycles. The SMILES string of the molecule is CC(C)c1cc(CN2CCOCC2)ccn1. The fourth-order valence-electron chi connectivity index (χ4n) is 1.93. The van der Waals surface area contributed by atoms with Gasteiger partial charge in [-0.15, -0.1) is 0 Å². The van der Waals surface area contributed by atoms with Crippen LogP contribution in [0.5, 0.6) is 0 Å². The van der Waals surface area contributed by atoms with Gasteiger partial charge in [0.15, 0.2) is 0 Å². The summed E-state index contributed by atoms with van der Waals surface area (Å²) < 4.78 is 5.35. The minimum atomic E-state index is 0.504. The summed E-state index contributed by atoms with van der Waals surface area (Å²) >= 11 is 0. The van der Waals surface area contributed by atoms with E-state index in [2.05, 4.69) is 35.9 Å². The molecule has 0 radical (unpaired) electrons. The second-order valence-electron chi connectivity index (χ2n) is 4.63. The van der Waals surface area contributed by atoms with Crippen molar-refractivity contribution in [3.8, 4) is 0 Å². The smallest absolute Gasteiger partial charge is 0.0594 e. The van der Waals surface area contributed by atoms with Crippen LogP contribution in [0.4, 0.5) is 0 Å². The predicted molar refractivity (Wildman–Crippen MR) is 64.4 cm³/mol. The van der Waals surface area contributed by atoms with E-state index in [1.54, 1.807) is 0 Å². The van der Waals surface area contributed by atoms with Crippen LogP contribution in [0.15, 0.2) is 18.3 Å². The average molecular weight is 220 g/mol. The van der Waals surface area contributed by atoms with E-state index in [-0.39, 0.29) is 0 Å². The van der Waals surface area contributed by atoms with Crippen molar-refractivity contribution in [2.24, 2.45) is 0 Å². The average Bonchev–Trinajstić information content (AvgIpc) is 2.30. The molecule has 1 fully saturated rings. The molecule has 3 nitrogen and oxygen atoms in total. The van der Waals surface area contributed by atoms with Crippen molar-refractivity contribution in [1.82, 2.24) is 9.88 Å². The van der Waals surface area contributed by atoms with Gasteiger partial charge in [0.25, 0.3) is 0 Å². The Morgan fingerprint density at radius 3 is 2.81 bits per heavy atom. The summed E-state index contributed by atoms with van der Waals surface area (Å²) in [4.78, 5) is 6.82. The number of hydrogen-bond acceptors (Lipinski definition) is 3. The zero-order valence-electron chi connectivity index (χ0n) is 10.1. The van der Waals surface area contributed by atoms with Gasteiger partial charge in [0, 0.05) is 31.5 Å². The lowest BCUT2D eigenvalue weighted by molar-refractivity contribution is 0.0341. The highest BCUT2D eigenvalue weighted by atomic mass is 16.5. The number of nitrogens with zero attached hydrogens (tertiary/aromatic N) is 2. The number of pyridine rings is 1. The number of rotatable bonds is 3. The first-order chi connectivity index (χ1) is 7.75. The van der Waals surface area contributed by atoms with Gasteiger partial charge in [-0.2, -0.15) is 0 Å². The zero-order valence-corrected chi connectivity index (χ0v) is 10.1.